The van der Waals surface area contributed by atoms with Crippen LogP contribution in [0.2, 0.25) is 5.02 Å². The van der Waals surface area contributed by atoms with Crippen molar-refractivity contribution in [1.29, 1.82) is 0 Å². The van der Waals surface area contributed by atoms with Crippen molar-refractivity contribution in [3.63, 3.8) is 0 Å². The molecule has 1 aromatic carbocycles. The minimum Gasteiger partial charge on any atom is -0.496 e. The van der Waals surface area contributed by atoms with Gasteiger partial charge < -0.3 is 9.53 Å². The van der Waals surface area contributed by atoms with Gasteiger partial charge in [0.05, 0.1) is 7.11 Å². The third-order valence-electron chi connectivity index (χ3n) is 2.51. The van der Waals surface area contributed by atoms with Gasteiger partial charge in [-0.05, 0) is 37.5 Å². The van der Waals surface area contributed by atoms with Crippen LogP contribution in [0.3, 0.4) is 0 Å². The molecule has 0 fully saturated rings. The number of ether oxygens (including phenoxy) is 1. The molecule has 0 saturated carbocycles. The first kappa shape index (κ1) is 12.1. The molecule has 0 aliphatic carbocycles. The van der Waals surface area contributed by atoms with E-state index >= 15 is 0 Å². The molecule has 0 saturated heterocycles. The van der Waals surface area contributed by atoms with E-state index in [0.717, 1.165) is 28.7 Å². The van der Waals surface area contributed by atoms with E-state index in [1.54, 1.807) is 7.11 Å². The molecule has 0 heterocycles. The molecule has 0 spiro atoms. The van der Waals surface area contributed by atoms with Crippen molar-refractivity contribution in [2.45, 2.75) is 26.7 Å². The molecule has 1 aromatic rings. The Morgan fingerprint density at radius 3 is 2.67 bits per heavy atom. The van der Waals surface area contributed by atoms with Crippen molar-refractivity contribution < 1.29 is 9.53 Å². The van der Waals surface area contributed by atoms with Gasteiger partial charge in [0.15, 0.2) is 0 Å². The second kappa shape index (κ2) is 5.17. The molecule has 2 nitrogen and oxygen atoms in total. The maximum atomic E-state index is 10.4. The smallest absolute Gasteiger partial charge is 0.126 e. The van der Waals surface area contributed by atoms with Gasteiger partial charge in [0.2, 0.25) is 0 Å². The monoisotopic (exact) mass is 226 g/mol. The maximum Gasteiger partial charge on any atom is 0.126 e. The van der Waals surface area contributed by atoms with Gasteiger partial charge in [0.1, 0.15) is 12.0 Å². The van der Waals surface area contributed by atoms with E-state index in [2.05, 4.69) is 0 Å². The van der Waals surface area contributed by atoms with Crippen molar-refractivity contribution in [2.75, 3.05) is 7.11 Å². The highest BCUT2D eigenvalue weighted by molar-refractivity contribution is 6.31. The van der Waals surface area contributed by atoms with Crippen molar-refractivity contribution >= 4 is 17.9 Å². The Bertz CT molecular complexity index is 372. The Labute approximate surface area is 95.2 Å². The van der Waals surface area contributed by atoms with Crippen LogP contribution in [0.5, 0.6) is 5.75 Å². The molecule has 3 heteroatoms. The Kier molecular flexibility index (Phi) is 4.15. The number of benzene rings is 1. The van der Waals surface area contributed by atoms with Crippen LogP contribution in [0.15, 0.2) is 6.07 Å². The zero-order valence-electron chi connectivity index (χ0n) is 9.26. The van der Waals surface area contributed by atoms with E-state index in [1.807, 2.05) is 19.9 Å². The topological polar surface area (TPSA) is 26.3 Å². The van der Waals surface area contributed by atoms with Crippen molar-refractivity contribution in [1.82, 2.24) is 0 Å². The number of methoxy groups -OCH3 is 1. The number of hydrogen-bond acceptors (Lipinski definition) is 2. The number of carbonyl (C=O) groups is 1. The summed E-state index contributed by atoms with van der Waals surface area (Å²) < 4.78 is 5.33. The summed E-state index contributed by atoms with van der Waals surface area (Å²) >= 11 is 6.05. The summed E-state index contributed by atoms with van der Waals surface area (Å²) in [6, 6.07) is 1.92. The average Bonchev–Trinajstić information content (AvgIpc) is 2.21. The quantitative estimate of drug-likeness (QED) is 0.738. The van der Waals surface area contributed by atoms with E-state index < -0.39 is 0 Å². The second-order valence-electron chi connectivity index (χ2n) is 3.52. The molecule has 82 valence electrons. The average molecular weight is 227 g/mol. The maximum absolute atomic E-state index is 10.4. The molecule has 0 unspecified atom stereocenters. The molecular formula is C12H15ClO2. The highest BCUT2D eigenvalue weighted by atomic mass is 35.5. The Morgan fingerprint density at radius 1 is 1.47 bits per heavy atom. The lowest BCUT2D eigenvalue weighted by molar-refractivity contribution is -0.107. The van der Waals surface area contributed by atoms with E-state index in [0.29, 0.717) is 17.9 Å². The number of aryl methyl sites for hydroxylation is 1. The zero-order valence-corrected chi connectivity index (χ0v) is 10.0. The SMILES string of the molecule is COc1c(C)c(Cl)cc(C)c1CCC=O. The van der Waals surface area contributed by atoms with Crippen LogP contribution in [0.4, 0.5) is 0 Å². The summed E-state index contributed by atoms with van der Waals surface area (Å²) in [6.45, 7) is 3.90. The van der Waals surface area contributed by atoms with Gasteiger partial charge in [-0.15, -0.1) is 0 Å². The Balaban J connectivity index is 3.22. The predicted octanol–water partition coefficient (Wildman–Crippen LogP) is 3.10. The fraction of sp³-hybridized carbons (Fsp3) is 0.417. The van der Waals surface area contributed by atoms with Crippen LogP contribution in [0, 0.1) is 13.8 Å². The van der Waals surface area contributed by atoms with Gasteiger partial charge in [0.25, 0.3) is 0 Å². The van der Waals surface area contributed by atoms with Crippen molar-refractivity contribution in [3.05, 3.63) is 27.8 Å². The third-order valence-corrected chi connectivity index (χ3v) is 2.90. The number of hydrogen-bond donors (Lipinski definition) is 0. The minimum atomic E-state index is 0.512. The van der Waals surface area contributed by atoms with Crippen LogP contribution < -0.4 is 4.74 Å². The van der Waals surface area contributed by atoms with Crippen LogP contribution in [0.1, 0.15) is 23.1 Å². The summed E-state index contributed by atoms with van der Waals surface area (Å²) in [5.41, 5.74) is 3.08. The standard InChI is InChI=1S/C12H15ClO2/c1-8-7-11(13)9(2)12(15-3)10(8)5-4-6-14/h6-7H,4-5H2,1-3H3. The normalized spacial score (nSPS) is 10.1. The first-order chi connectivity index (χ1) is 7.11. The molecule has 0 aliphatic rings. The van der Waals surface area contributed by atoms with E-state index in [1.165, 1.54) is 0 Å². The Hall–Kier alpha value is -1.02. The summed E-state index contributed by atoms with van der Waals surface area (Å²) in [5.74, 6) is 0.807. The first-order valence-corrected chi connectivity index (χ1v) is 5.25. The molecule has 15 heavy (non-hydrogen) atoms. The fourth-order valence-corrected chi connectivity index (χ4v) is 1.94. The van der Waals surface area contributed by atoms with Gasteiger partial charge in [-0.3, -0.25) is 0 Å². The molecule has 0 aliphatic heterocycles. The number of carbonyl (C=O) groups excluding carboxylic acids is 1. The molecule has 0 aromatic heterocycles. The number of rotatable bonds is 4. The number of aldehydes is 1. The molecular weight excluding hydrogens is 212 g/mol. The van der Waals surface area contributed by atoms with Crippen LogP contribution >= 0.6 is 11.6 Å². The summed E-state index contributed by atoms with van der Waals surface area (Å²) in [6.07, 6.45) is 2.14. The van der Waals surface area contributed by atoms with Crippen LogP contribution in [-0.4, -0.2) is 13.4 Å². The third kappa shape index (κ3) is 2.51. The van der Waals surface area contributed by atoms with Crippen molar-refractivity contribution in [3.8, 4) is 5.75 Å². The van der Waals surface area contributed by atoms with Gasteiger partial charge >= 0.3 is 0 Å². The van der Waals surface area contributed by atoms with E-state index in [-0.39, 0.29) is 0 Å². The van der Waals surface area contributed by atoms with Gasteiger partial charge in [-0.1, -0.05) is 11.6 Å². The van der Waals surface area contributed by atoms with E-state index in [4.69, 9.17) is 16.3 Å². The lowest BCUT2D eigenvalue weighted by atomic mass is 10.00. The second-order valence-corrected chi connectivity index (χ2v) is 3.92. The van der Waals surface area contributed by atoms with Gasteiger partial charge in [-0.25, -0.2) is 0 Å². The summed E-state index contributed by atoms with van der Waals surface area (Å²) in [5, 5.41) is 0.708. The highest BCUT2D eigenvalue weighted by Crippen LogP contribution is 2.33. The van der Waals surface area contributed by atoms with Gasteiger partial charge in [-0.2, -0.15) is 0 Å². The van der Waals surface area contributed by atoms with Crippen LogP contribution in [-0.2, 0) is 11.2 Å². The molecule has 0 bridgehead atoms. The first-order valence-electron chi connectivity index (χ1n) is 4.88. The molecule has 0 atom stereocenters. The lowest BCUT2D eigenvalue weighted by Crippen LogP contribution is -1.99. The Morgan fingerprint density at radius 2 is 2.13 bits per heavy atom. The molecule has 1 rings (SSSR count). The predicted molar refractivity (Wildman–Crippen MR) is 61.9 cm³/mol. The zero-order chi connectivity index (χ0) is 11.4. The minimum absolute atomic E-state index is 0.512. The van der Waals surface area contributed by atoms with Gasteiger partial charge in [0, 0.05) is 17.0 Å². The summed E-state index contributed by atoms with van der Waals surface area (Å²) in [7, 11) is 1.63. The largest absolute Gasteiger partial charge is 0.496 e. The lowest BCUT2D eigenvalue weighted by Gasteiger charge is -2.14. The molecule has 0 amide bonds. The van der Waals surface area contributed by atoms with Crippen molar-refractivity contribution in [2.24, 2.45) is 0 Å². The van der Waals surface area contributed by atoms with E-state index in [9.17, 15) is 4.79 Å². The van der Waals surface area contributed by atoms with Crippen LogP contribution in [0.25, 0.3) is 0 Å². The number of halogens is 1. The summed E-state index contributed by atoms with van der Waals surface area (Å²) in [4.78, 5) is 10.4. The molecule has 0 radical (unpaired) electrons. The molecule has 0 N–H and O–H groups in total. The fourth-order valence-electron chi connectivity index (χ4n) is 1.69. The highest BCUT2D eigenvalue weighted by Gasteiger charge is 2.12.